The minimum absolute atomic E-state index is 0.0134. The lowest BCUT2D eigenvalue weighted by molar-refractivity contribution is -0.144. The van der Waals surface area contributed by atoms with Crippen LogP contribution in [0, 0.1) is 5.92 Å². The highest BCUT2D eigenvalue weighted by atomic mass is 16.5. The summed E-state index contributed by atoms with van der Waals surface area (Å²) in [6.45, 7) is 5.25. The van der Waals surface area contributed by atoms with E-state index in [0.717, 1.165) is 24.2 Å². The van der Waals surface area contributed by atoms with Crippen LogP contribution in [0.25, 0.3) is 0 Å². The van der Waals surface area contributed by atoms with Gasteiger partial charge in [-0.2, -0.15) is 0 Å². The van der Waals surface area contributed by atoms with E-state index in [0.29, 0.717) is 26.1 Å². The monoisotopic (exact) mass is 323 g/mol. The third kappa shape index (κ3) is 2.82. The van der Waals surface area contributed by atoms with Crippen molar-refractivity contribution in [2.75, 3.05) is 26.2 Å². The predicted octanol–water partition coefficient (Wildman–Crippen LogP) is 0.734. The molecule has 0 bridgehead atoms. The minimum atomic E-state index is -0.798. The molecule has 0 aromatic heterocycles. The van der Waals surface area contributed by atoms with E-state index in [1.807, 2.05) is 13.8 Å². The Balaban J connectivity index is 1.69. The SMILES string of the molecule is CC1CN(C(=O)CN2C(=O)NC3(CCCCC3C)C2=O)CCO1. The second-order valence-corrected chi connectivity index (χ2v) is 6.96. The van der Waals surface area contributed by atoms with Gasteiger partial charge >= 0.3 is 6.03 Å². The molecule has 7 heteroatoms. The highest BCUT2D eigenvalue weighted by Crippen LogP contribution is 2.38. The van der Waals surface area contributed by atoms with Gasteiger partial charge in [0.15, 0.2) is 0 Å². The Labute approximate surface area is 136 Å². The summed E-state index contributed by atoms with van der Waals surface area (Å²) >= 11 is 0. The number of urea groups is 1. The highest BCUT2D eigenvalue weighted by Gasteiger charge is 2.55. The van der Waals surface area contributed by atoms with Crippen molar-refractivity contribution in [3.63, 3.8) is 0 Å². The molecule has 1 saturated carbocycles. The fraction of sp³-hybridized carbons (Fsp3) is 0.812. The molecule has 128 valence electrons. The average Bonchev–Trinajstić information content (AvgIpc) is 2.75. The van der Waals surface area contributed by atoms with Crippen molar-refractivity contribution in [3.05, 3.63) is 0 Å². The van der Waals surface area contributed by atoms with Gasteiger partial charge < -0.3 is 15.0 Å². The third-order valence-electron chi connectivity index (χ3n) is 5.39. The van der Waals surface area contributed by atoms with Crippen LogP contribution in [0.3, 0.4) is 0 Å². The lowest BCUT2D eigenvalue weighted by Gasteiger charge is -2.37. The molecule has 2 aliphatic heterocycles. The van der Waals surface area contributed by atoms with E-state index < -0.39 is 11.6 Å². The molecule has 1 N–H and O–H groups in total. The number of hydrogen-bond acceptors (Lipinski definition) is 4. The molecule has 0 radical (unpaired) electrons. The van der Waals surface area contributed by atoms with Crippen LogP contribution >= 0.6 is 0 Å². The number of morpholine rings is 1. The fourth-order valence-electron chi connectivity index (χ4n) is 3.92. The van der Waals surface area contributed by atoms with Crippen LogP contribution in [0.4, 0.5) is 4.79 Å². The van der Waals surface area contributed by atoms with E-state index in [9.17, 15) is 14.4 Å². The van der Waals surface area contributed by atoms with Gasteiger partial charge in [0, 0.05) is 13.1 Å². The Morgan fingerprint density at radius 3 is 2.83 bits per heavy atom. The maximum absolute atomic E-state index is 12.8. The molecule has 3 aliphatic rings. The van der Waals surface area contributed by atoms with Gasteiger partial charge in [-0.05, 0) is 25.7 Å². The molecule has 23 heavy (non-hydrogen) atoms. The molecule has 3 fully saturated rings. The van der Waals surface area contributed by atoms with Gasteiger partial charge in [-0.1, -0.05) is 19.8 Å². The topological polar surface area (TPSA) is 79.0 Å². The number of carbonyl (C=O) groups excluding carboxylic acids is 3. The number of rotatable bonds is 2. The first-order valence-electron chi connectivity index (χ1n) is 8.47. The van der Waals surface area contributed by atoms with Gasteiger partial charge in [0.05, 0.1) is 12.7 Å². The number of imide groups is 1. The molecule has 3 atom stereocenters. The van der Waals surface area contributed by atoms with E-state index in [2.05, 4.69) is 5.32 Å². The number of carbonyl (C=O) groups is 3. The van der Waals surface area contributed by atoms with Gasteiger partial charge in [0.2, 0.25) is 5.91 Å². The lowest BCUT2D eigenvalue weighted by Crippen LogP contribution is -2.54. The quantitative estimate of drug-likeness (QED) is 0.760. The molecule has 0 aromatic carbocycles. The van der Waals surface area contributed by atoms with Crippen LogP contribution in [0.5, 0.6) is 0 Å². The van der Waals surface area contributed by atoms with Crippen molar-refractivity contribution in [3.8, 4) is 0 Å². The van der Waals surface area contributed by atoms with Crippen molar-refractivity contribution in [1.29, 1.82) is 0 Å². The van der Waals surface area contributed by atoms with Crippen molar-refractivity contribution >= 4 is 17.8 Å². The van der Waals surface area contributed by atoms with Crippen LogP contribution in [0.1, 0.15) is 39.5 Å². The summed E-state index contributed by atoms with van der Waals surface area (Å²) in [6, 6.07) is -0.432. The van der Waals surface area contributed by atoms with E-state index in [-0.39, 0.29) is 30.4 Å². The normalized spacial score (nSPS) is 34.9. The fourth-order valence-corrected chi connectivity index (χ4v) is 3.92. The lowest BCUT2D eigenvalue weighted by atomic mass is 9.73. The van der Waals surface area contributed by atoms with Crippen molar-refractivity contribution in [2.45, 2.75) is 51.2 Å². The van der Waals surface area contributed by atoms with Gasteiger partial charge in [-0.3, -0.25) is 14.5 Å². The Bertz CT molecular complexity index is 523. The van der Waals surface area contributed by atoms with Crippen LogP contribution < -0.4 is 5.32 Å². The summed E-state index contributed by atoms with van der Waals surface area (Å²) in [5, 5.41) is 2.88. The number of amides is 4. The van der Waals surface area contributed by atoms with Gasteiger partial charge in [0.1, 0.15) is 12.1 Å². The average molecular weight is 323 g/mol. The molecule has 1 spiro atoms. The molecule has 0 aromatic rings. The molecular formula is C16H25N3O4. The second-order valence-electron chi connectivity index (χ2n) is 6.96. The molecular weight excluding hydrogens is 298 g/mol. The predicted molar refractivity (Wildman–Crippen MR) is 82.6 cm³/mol. The molecule has 3 unspecified atom stereocenters. The summed E-state index contributed by atoms with van der Waals surface area (Å²) in [5.41, 5.74) is -0.798. The van der Waals surface area contributed by atoms with E-state index in [4.69, 9.17) is 4.74 Å². The van der Waals surface area contributed by atoms with E-state index in [1.165, 1.54) is 0 Å². The standard InChI is InChI=1S/C16H25N3O4/c1-11-5-3-4-6-16(11)14(21)19(15(22)17-16)10-13(20)18-7-8-23-12(2)9-18/h11-12H,3-10H2,1-2H3,(H,17,22). The molecule has 2 heterocycles. The van der Waals surface area contributed by atoms with E-state index in [1.54, 1.807) is 4.90 Å². The van der Waals surface area contributed by atoms with Crippen LogP contribution in [-0.2, 0) is 14.3 Å². The number of ether oxygens (including phenoxy) is 1. The van der Waals surface area contributed by atoms with Crippen LogP contribution in [0.15, 0.2) is 0 Å². The Kier molecular flexibility index (Phi) is 4.31. The zero-order valence-electron chi connectivity index (χ0n) is 13.8. The van der Waals surface area contributed by atoms with Crippen molar-refractivity contribution in [1.82, 2.24) is 15.1 Å². The summed E-state index contributed by atoms with van der Waals surface area (Å²) in [4.78, 5) is 40.3. The van der Waals surface area contributed by atoms with Crippen LogP contribution in [0.2, 0.25) is 0 Å². The maximum Gasteiger partial charge on any atom is 0.325 e. The zero-order chi connectivity index (χ0) is 16.6. The largest absolute Gasteiger partial charge is 0.375 e. The number of hydrogen-bond donors (Lipinski definition) is 1. The van der Waals surface area contributed by atoms with Crippen molar-refractivity contribution < 1.29 is 19.1 Å². The highest BCUT2D eigenvalue weighted by molar-refractivity contribution is 6.09. The Morgan fingerprint density at radius 1 is 1.35 bits per heavy atom. The number of nitrogens with zero attached hydrogens (tertiary/aromatic N) is 2. The van der Waals surface area contributed by atoms with E-state index >= 15 is 0 Å². The Hall–Kier alpha value is -1.63. The number of nitrogens with one attached hydrogen (secondary N) is 1. The zero-order valence-corrected chi connectivity index (χ0v) is 13.8. The molecule has 3 rings (SSSR count). The van der Waals surface area contributed by atoms with Gasteiger partial charge in [-0.15, -0.1) is 0 Å². The third-order valence-corrected chi connectivity index (χ3v) is 5.39. The first kappa shape index (κ1) is 16.2. The molecule has 7 nitrogen and oxygen atoms in total. The Morgan fingerprint density at radius 2 is 2.13 bits per heavy atom. The second kappa shape index (κ2) is 6.11. The molecule has 4 amide bonds. The van der Waals surface area contributed by atoms with Gasteiger partial charge in [0.25, 0.3) is 5.91 Å². The van der Waals surface area contributed by atoms with Crippen molar-refractivity contribution in [2.24, 2.45) is 5.92 Å². The molecule has 1 aliphatic carbocycles. The minimum Gasteiger partial charge on any atom is -0.375 e. The summed E-state index contributed by atoms with van der Waals surface area (Å²) < 4.78 is 5.42. The maximum atomic E-state index is 12.8. The van der Waals surface area contributed by atoms with Gasteiger partial charge in [-0.25, -0.2) is 4.79 Å². The summed E-state index contributed by atoms with van der Waals surface area (Å²) in [7, 11) is 0. The molecule has 2 saturated heterocycles. The smallest absolute Gasteiger partial charge is 0.325 e. The first-order chi connectivity index (χ1) is 10.9. The summed E-state index contributed by atoms with van der Waals surface area (Å²) in [6.07, 6.45) is 3.59. The summed E-state index contributed by atoms with van der Waals surface area (Å²) in [5.74, 6) is -0.315. The first-order valence-corrected chi connectivity index (χ1v) is 8.47. The van der Waals surface area contributed by atoms with Crippen LogP contribution in [-0.4, -0.2) is 65.5 Å².